The largest absolute Gasteiger partial charge is 0.507 e. The van der Waals surface area contributed by atoms with Gasteiger partial charge in [0.1, 0.15) is 11.3 Å². The van der Waals surface area contributed by atoms with Crippen LogP contribution in [0, 0.1) is 0 Å². The second kappa shape index (κ2) is 5.77. The fraction of sp³-hybridized carbons (Fsp3) is 0.188. The lowest BCUT2D eigenvalue weighted by molar-refractivity contribution is 0.471. The third-order valence-corrected chi connectivity index (χ3v) is 3.88. The first-order valence-electron chi connectivity index (χ1n) is 6.76. The lowest BCUT2D eigenvalue weighted by atomic mass is 10.2. The molecule has 2 N–H and O–H groups in total. The Morgan fingerprint density at radius 2 is 2.10 bits per heavy atom. The highest BCUT2D eigenvalue weighted by Crippen LogP contribution is 2.25. The summed E-state index contributed by atoms with van der Waals surface area (Å²) < 4.78 is 6.29. The van der Waals surface area contributed by atoms with Gasteiger partial charge in [0.2, 0.25) is 0 Å². The maximum absolute atomic E-state index is 9.49. The maximum Gasteiger partial charge on any atom is 0.195 e. The lowest BCUT2D eigenvalue weighted by Crippen LogP contribution is -1.99. The second-order valence-corrected chi connectivity index (χ2v) is 5.64. The molecule has 0 spiro atoms. The van der Waals surface area contributed by atoms with Gasteiger partial charge in [-0.1, -0.05) is 13.0 Å². The van der Waals surface area contributed by atoms with Crippen LogP contribution in [0.1, 0.15) is 18.4 Å². The summed E-state index contributed by atoms with van der Waals surface area (Å²) in [5.41, 5.74) is 3.74. The Balaban J connectivity index is 1.76. The van der Waals surface area contributed by atoms with E-state index in [0.717, 1.165) is 34.7 Å². The molecule has 2 aromatic carbocycles. The zero-order valence-electron chi connectivity index (χ0n) is 11.6. The minimum atomic E-state index is 0.245. The highest BCUT2D eigenvalue weighted by molar-refractivity contribution is 9.10. The molecule has 4 nitrogen and oxygen atoms in total. The average molecular weight is 347 g/mol. The molecule has 0 saturated heterocycles. The summed E-state index contributed by atoms with van der Waals surface area (Å²) in [5.74, 6) is 1.000. The lowest BCUT2D eigenvalue weighted by Gasteiger charge is -2.07. The molecule has 0 aliphatic carbocycles. The van der Waals surface area contributed by atoms with E-state index < -0.39 is 0 Å². The van der Waals surface area contributed by atoms with Crippen LogP contribution in [0.2, 0.25) is 0 Å². The highest BCUT2D eigenvalue weighted by atomic mass is 79.9. The van der Waals surface area contributed by atoms with Crippen LogP contribution in [-0.4, -0.2) is 10.1 Å². The summed E-state index contributed by atoms with van der Waals surface area (Å²) in [6.07, 6.45) is 0.791. The predicted octanol–water partition coefficient (Wildman–Crippen LogP) is 4.47. The van der Waals surface area contributed by atoms with Crippen molar-refractivity contribution in [2.24, 2.45) is 0 Å². The molecule has 108 valence electrons. The molecule has 21 heavy (non-hydrogen) atoms. The van der Waals surface area contributed by atoms with Crippen molar-refractivity contribution in [3.05, 3.63) is 52.3 Å². The van der Waals surface area contributed by atoms with Gasteiger partial charge in [-0.3, -0.25) is 0 Å². The van der Waals surface area contributed by atoms with Gasteiger partial charge in [-0.25, -0.2) is 4.98 Å². The molecule has 0 bridgehead atoms. The highest BCUT2D eigenvalue weighted by Gasteiger charge is 2.05. The van der Waals surface area contributed by atoms with Crippen molar-refractivity contribution in [1.82, 2.24) is 4.98 Å². The summed E-state index contributed by atoms with van der Waals surface area (Å²) in [6.45, 7) is 2.69. The number of hydrogen-bond donors (Lipinski definition) is 2. The van der Waals surface area contributed by atoms with E-state index in [2.05, 4.69) is 26.2 Å². The van der Waals surface area contributed by atoms with Gasteiger partial charge in [-0.15, -0.1) is 0 Å². The number of aromatic nitrogens is 1. The fourth-order valence-corrected chi connectivity index (χ4v) is 2.53. The van der Waals surface area contributed by atoms with Gasteiger partial charge in [-0.05, 0) is 51.8 Å². The number of halogens is 1. The van der Waals surface area contributed by atoms with Crippen LogP contribution in [-0.2, 0) is 13.0 Å². The molecule has 0 fully saturated rings. The first-order valence-corrected chi connectivity index (χ1v) is 7.55. The number of benzene rings is 2. The van der Waals surface area contributed by atoms with Gasteiger partial charge < -0.3 is 14.8 Å². The molecule has 0 atom stereocenters. The molecule has 0 unspecified atom stereocenters. The minimum absolute atomic E-state index is 0.245. The molecule has 0 aliphatic rings. The standard InChI is InChI=1S/C16H15BrN2O2/c1-2-16-19-13-8-11(4-6-15(13)21-16)18-9-10-3-5-14(20)12(17)7-10/h3-8,18,20H,2,9H2,1H3. The molecule has 0 aliphatic heterocycles. The monoisotopic (exact) mass is 346 g/mol. The van der Waals surface area contributed by atoms with E-state index in [9.17, 15) is 5.11 Å². The summed E-state index contributed by atoms with van der Waals surface area (Å²) in [6, 6.07) is 11.3. The van der Waals surface area contributed by atoms with Crippen molar-refractivity contribution < 1.29 is 9.52 Å². The van der Waals surface area contributed by atoms with Gasteiger partial charge in [0.05, 0.1) is 4.47 Å². The molecule has 1 heterocycles. The molecule has 3 rings (SSSR count). The number of anilines is 1. The SMILES string of the molecule is CCc1nc2cc(NCc3ccc(O)c(Br)c3)ccc2o1. The first-order chi connectivity index (χ1) is 10.2. The smallest absolute Gasteiger partial charge is 0.195 e. The van der Waals surface area contributed by atoms with E-state index in [1.54, 1.807) is 6.07 Å². The Hall–Kier alpha value is -2.01. The Morgan fingerprint density at radius 3 is 2.86 bits per heavy atom. The van der Waals surface area contributed by atoms with Crippen LogP contribution in [0.5, 0.6) is 5.75 Å². The quantitative estimate of drug-likeness (QED) is 0.731. The number of aromatic hydroxyl groups is 1. The zero-order chi connectivity index (χ0) is 14.8. The summed E-state index contributed by atoms with van der Waals surface area (Å²) in [7, 11) is 0. The number of hydrogen-bond acceptors (Lipinski definition) is 4. The molecule has 3 aromatic rings. The number of aryl methyl sites for hydroxylation is 1. The number of nitrogens with one attached hydrogen (secondary N) is 1. The minimum Gasteiger partial charge on any atom is -0.507 e. The topological polar surface area (TPSA) is 58.3 Å². The van der Waals surface area contributed by atoms with E-state index in [-0.39, 0.29) is 5.75 Å². The van der Waals surface area contributed by atoms with Crippen LogP contribution >= 0.6 is 15.9 Å². The van der Waals surface area contributed by atoms with Crippen LogP contribution in [0.15, 0.2) is 45.3 Å². The van der Waals surface area contributed by atoms with Gasteiger partial charge in [0, 0.05) is 18.7 Å². The number of fused-ring (bicyclic) bond motifs is 1. The third-order valence-electron chi connectivity index (χ3n) is 3.24. The van der Waals surface area contributed by atoms with E-state index >= 15 is 0 Å². The number of oxazole rings is 1. The van der Waals surface area contributed by atoms with Crippen molar-refractivity contribution in [2.75, 3.05) is 5.32 Å². The van der Waals surface area contributed by atoms with E-state index in [4.69, 9.17) is 4.42 Å². The number of nitrogens with zero attached hydrogens (tertiary/aromatic N) is 1. The molecular formula is C16H15BrN2O2. The number of rotatable bonds is 4. The zero-order valence-corrected chi connectivity index (χ0v) is 13.1. The Bertz CT molecular complexity index is 783. The van der Waals surface area contributed by atoms with Crippen LogP contribution in [0.25, 0.3) is 11.1 Å². The molecule has 0 amide bonds. The van der Waals surface area contributed by atoms with Crippen molar-refractivity contribution in [3.8, 4) is 5.75 Å². The van der Waals surface area contributed by atoms with Gasteiger partial charge >= 0.3 is 0 Å². The summed E-state index contributed by atoms with van der Waals surface area (Å²) in [5, 5.41) is 12.8. The number of phenols is 1. The Kier molecular flexibility index (Phi) is 3.84. The molecule has 0 saturated carbocycles. The van der Waals surface area contributed by atoms with Crippen molar-refractivity contribution >= 4 is 32.7 Å². The third kappa shape index (κ3) is 3.03. The molecule has 0 radical (unpaired) electrons. The van der Waals surface area contributed by atoms with Crippen LogP contribution < -0.4 is 5.32 Å². The van der Waals surface area contributed by atoms with Gasteiger partial charge in [-0.2, -0.15) is 0 Å². The van der Waals surface area contributed by atoms with Crippen LogP contribution in [0.4, 0.5) is 5.69 Å². The fourth-order valence-electron chi connectivity index (χ4n) is 2.10. The van der Waals surface area contributed by atoms with E-state index in [1.165, 1.54) is 0 Å². The normalized spacial score (nSPS) is 11.0. The van der Waals surface area contributed by atoms with Crippen LogP contribution in [0.3, 0.4) is 0 Å². The van der Waals surface area contributed by atoms with Gasteiger partial charge in [0.25, 0.3) is 0 Å². The maximum atomic E-state index is 9.49. The van der Waals surface area contributed by atoms with Crippen molar-refractivity contribution in [1.29, 1.82) is 0 Å². The second-order valence-electron chi connectivity index (χ2n) is 4.78. The molecule has 5 heteroatoms. The Labute approximate surface area is 130 Å². The number of phenolic OH excluding ortho intramolecular Hbond substituents is 1. The predicted molar refractivity (Wildman–Crippen MR) is 86.5 cm³/mol. The summed E-state index contributed by atoms with van der Waals surface area (Å²) >= 11 is 3.32. The van der Waals surface area contributed by atoms with E-state index in [1.807, 2.05) is 37.3 Å². The average Bonchev–Trinajstić information content (AvgIpc) is 2.90. The van der Waals surface area contributed by atoms with E-state index in [0.29, 0.717) is 11.0 Å². The summed E-state index contributed by atoms with van der Waals surface area (Å²) in [4.78, 5) is 4.43. The van der Waals surface area contributed by atoms with Gasteiger partial charge in [0.15, 0.2) is 11.5 Å². The molecule has 1 aromatic heterocycles. The Morgan fingerprint density at radius 1 is 1.24 bits per heavy atom. The van der Waals surface area contributed by atoms with Crippen molar-refractivity contribution in [2.45, 2.75) is 19.9 Å². The van der Waals surface area contributed by atoms with Crippen molar-refractivity contribution in [3.63, 3.8) is 0 Å². The first kappa shape index (κ1) is 13.9. The molecular weight excluding hydrogens is 332 g/mol.